The van der Waals surface area contributed by atoms with E-state index in [1.54, 1.807) is 0 Å². The third-order valence-corrected chi connectivity index (χ3v) is 6.45. The number of nitrogens with zero attached hydrogens (tertiary/aromatic N) is 2. The molecule has 0 atom stereocenters. The van der Waals surface area contributed by atoms with Crippen LogP contribution in [0, 0.1) is 0 Å². The summed E-state index contributed by atoms with van der Waals surface area (Å²) >= 11 is 1.88. The molecular formula is C23H24N4S. The Balaban J connectivity index is 1.53. The summed E-state index contributed by atoms with van der Waals surface area (Å²) in [6.07, 6.45) is 3.10. The molecule has 28 heavy (non-hydrogen) atoms. The number of pyridine rings is 1. The Bertz CT molecular complexity index is 1080. The van der Waals surface area contributed by atoms with E-state index in [1.165, 1.54) is 33.3 Å². The van der Waals surface area contributed by atoms with Crippen LogP contribution in [0.25, 0.3) is 21.9 Å². The SMILES string of the molecule is c1ccc(SCc2ccc3[nH]c4nccc(N5CCCNCC5)c4c3c2)cc1. The predicted molar refractivity (Wildman–Crippen MR) is 119 cm³/mol. The van der Waals surface area contributed by atoms with Gasteiger partial charge in [-0.3, -0.25) is 0 Å². The molecule has 2 N–H and O–H groups in total. The highest BCUT2D eigenvalue weighted by Gasteiger charge is 2.16. The number of hydrogen-bond donors (Lipinski definition) is 2. The van der Waals surface area contributed by atoms with E-state index in [1.807, 2.05) is 18.0 Å². The summed E-state index contributed by atoms with van der Waals surface area (Å²) in [6.45, 7) is 4.25. The van der Waals surface area contributed by atoms with Crippen LogP contribution in [0.1, 0.15) is 12.0 Å². The first-order chi connectivity index (χ1) is 13.9. The average Bonchev–Trinajstić information content (AvgIpc) is 2.91. The second-order valence-corrected chi connectivity index (χ2v) is 8.30. The van der Waals surface area contributed by atoms with Gasteiger partial charge < -0.3 is 15.2 Å². The van der Waals surface area contributed by atoms with Crippen LogP contribution in [-0.4, -0.2) is 36.1 Å². The Labute approximate surface area is 169 Å². The van der Waals surface area contributed by atoms with Crippen molar-refractivity contribution in [1.29, 1.82) is 0 Å². The largest absolute Gasteiger partial charge is 0.370 e. The number of rotatable bonds is 4. The van der Waals surface area contributed by atoms with Gasteiger partial charge in [-0.2, -0.15) is 0 Å². The summed E-state index contributed by atoms with van der Waals surface area (Å²) in [7, 11) is 0. The number of hydrogen-bond acceptors (Lipinski definition) is 4. The number of H-pyrrole nitrogens is 1. The Hall–Kier alpha value is -2.50. The molecule has 0 aliphatic carbocycles. The van der Waals surface area contributed by atoms with Crippen LogP contribution in [0.5, 0.6) is 0 Å². The molecule has 142 valence electrons. The van der Waals surface area contributed by atoms with Gasteiger partial charge in [0.25, 0.3) is 0 Å². The minimum atomic E-state index is 0.968. The smallest absolute Gasteiger partial charge is 0.140 e. The summed E-state index contributed by atoms with van der Waals surface area (Å²) in [5, 5.41) is 6.03. The first-order valence-electron chi connectivity index (χ1n) is 9.91. The molecule has 3 heterocycles. The van der Waals surface area contributed by atoms with Crippen molar-refractivity contribution < 1.29 is 0 Å². The lowest BCUT2D eigenvalue weighted by atomic mass is 10.1. The van der Waals surface area contributed by atoms with Gasteiger partial charge in [-0.25, -0.2) is 4.98 Å². The summed E-state index contributed by atoms with van der Waals surface area (Å²) in [4.78, 5) is 11.9. The van der Waals surface area contributed by atoms with Gasteiger partial charge in [0, 0.05) is 58.5 Å². The molecule has 0 saturated carbocycles. The Kier molecular flexibility index (Phi) is 4.93. The summed E-state index contributed by atoms with van der Waals surface area (Å²) < 4.78 is 0. The van der Waals surface area contributed by atoms with Crippen LogP contribution in [0.15, 0.2) is 65.7 Å². The maximum atomic E-state index is 4.62. The number of aromatic nitrogens is 2. The topological polar surface area (TPSA) is 44.0 Å². The molecule has 1 aliphatic rings. The molecule has 0 amide bonds. The molecule has 4 nitrogen and oxygen atoms in total. The number of aromatic amines is 1. The molecule has 1 saturated heterocycles. The third-order valence-electron chi connectivity index (χ3n) is 5.36. The van der Waals surface area contributed by atoms with Gasteiger partial charge in [0.2, 0.25) is 0 Å². The van der Waals surface area contributed by atoms with Crippen LogP contribution in [0.2, 0.25) is 0 Å². The van der Waals surface area contributed by atoms with Crippen molar-refractivity contribution in [1.82, 2.24) is 15.3 Å². The van der Waals surface area contributed by atoms with E-state index in [9.17, 15) is 0 Å². The van der Waals surface area contributed by atoms with E-state index in [0.29, 0.717) is 0 Å². The van der Waals surface area contributed by atoms with Crippen LogP contribution >= 0.6 is 11.8 Å². The highest BCUT2D eigenvalue weighted by molar-refractivity contribution is 7.98. The fourth-order valence-corrected chi connectivity index (χ4v) is 4.83. The summed E-state index contributed by atoms with van der Waals surface area (Å²) in [5.74, 6) is 0.968. The van der Waals surface area contributed by atoms with E-state index in [4.69, 9.17) is 0 Å². The molecule has 2 aromatic carbocycles. The molecule has 2 aromatic heterocycles. The van der Waals surface area contributed by atoms with Crippen molar-refractivity contribution in [3.8, 4) is 0 Å². The number of benzene rings is 2. The van der Waals surface area contributed by atoms with Gasteiger partial charge in [-0.1, -0.05) is 24.3 Å². The summed E-state index contributed by atoms with van der Waals surface area (Å²) in [6, 6.07) is 19.5. The molecule has 1 aliphatic heterocycles. The zero-order valence-corrected chi connectivity index (χ0v) is 16.6. The number of thioether (sulfide) groups is 1. The monoisotopic (exact) mass is 388 g/mol. The van der Waals surface area contributed by atoms with Gasteiger partial charge >= 0.3 is 0 Å². The lowest BCUT2D eigenvalue weighted by Gasteiger charge is -2.23. The normalized spacial score (nSPS) is 15.2. The molecule has 5 rings (SSSR count). The van der Waals surface area contributed by atoms with Crippen molar-refractivity contribution in [2.75, 3.05) is 31.1 Å². The molecule has 4 aromatic rings. The van der Waals surface area contributed by atoms with Crippen LogP contribution in [0.4, 0.5) is 5.69 Å². The molecule has 1 fully saturated rings. The highest BCUT2D eigenvalue weighted by Crippen LogP contribution is 2.34. The van der Waals surface area contributed by atoms with Crippen LogP contribution in [0.3, 0.4) is 0 Å². The standard InChI is InChI=1S/C23H24N4S/c1-2-5-18(6-3-1)28-16-17-7-8-20-19(15-17)22-21(9-11-25-23(22)26-20)27-13-4-10-24-12-14-27/h1-3,5-9,11,15,24H,4,10,12-14,16H2,(H,25,26). The fraction of sp³-hybridized carbons (Fsp3) is 0.261. The first-order valence-corrected chi connectivity index (χ1v) is 10.9. The zero-order chi connectivity index (χ0) is 18.8. The predicted octanol–water partition coefficient (Wildman–Crippen LogP) is 4.81. The fourth-order valence-electron chi connectivity index (χ4n) is 3.97. The lowest BCUT2D eigenvalue weighted by molar-refractivity contribution is 0.724. The van der Waals surface area contributed by atoms with E-state index >= 15 is 0 Å². The maximum Gasteiger partial charge on any atom is 0.140 e. The molecule has 0 bridgehead atoms. The van der Waals surface area contributed by atoms with Gasteiger partial charge in [0.15, 0.2) is 0 Å². The highest BCUT2D eigenvalue weighted by atomic mass is 32.2. The van der Waals surface area contributed by atoms with Crippen molar-refractivity contribution >= 4 is 39.4 Å². The van der Waals surface area contributed by atoms with E-state index in [-0.39, 0.29) is 0 Å². The van der Waals surface area contributed by atoms with E-state index in [2.05, 4.69) is 74.8 Å². The third kappa shape index (κ3) is 3.48. The van der Waals surface area contributed by atoms with Gasteiger partial charge in [-0.15, -0.1) is 11.8 Å². The first kappa shape index (κ1) is 17.6. The minimum absolute atomic E-state index is 0.968. The molecular weight excluding hydrogens is 364 g/mol. The van der Waals surface area contributed by atoms with Crippen molar-refractivity contribution in [3.63, 3.8) is 0 Å². The van der Waals surface area contributed by atoms with E-state index in [0.717, 1.165) is 43.1 Å². The van der Waals surface area contributed by atoms with E-state index < -0.39 is 0 Å². The molecule has 0 radical (unpaired) electrons. The quantitative estimate of drug-likeness (QED) is 0.493. The second-order valence-electron chi connectivity index (χ2n) is 7.25. The van der Waals surface area contributed by atoms with Crippen molar-refractivity contribution in [2.24, 2.45) is 0 Å². The Morgan fingerprint density at radius 3 is 2.86 bits per heavy atom. The van der Waals surface area contributed by atoms with Gasteiger partial charge in [0.05, 0.1) is 0 Å². The Morgan fingerprint density at radius 2 is 1.93 bits per heavy atom. The zero-order valence-electron chi connectivity index (χ0n) is 15.8. The van der Waals surface area contributed by atoms with Crippen LogP contribution < -0.4 is 10.2 Å². The Morgan fingerprint density at radius 1 is 1.00 bits per heavy atom. The minimum Gasteiger partial charge on any atom is -0.370 e. The van der Waals surface area contributed by atoms with Gasteiger partial charge in [0.1, 0.15) is 5.65 Å². The molecule has 5 heteroatoms. The number of anilines is 1. The lowest BCUT2D eigenvalue weighted by Crippen LogP contribution is -2.27. The van der Waals surface area contributed by atoms with Crippen molar-refractivity contribution in [2.45, 2.75) is 17.1 Å². The summed E-state index contributed by atoms with van der Waals surface area (Å²) in [5.41, 5.74) is 4.79. The van der Waals surface area contributed by atoms with Crippen molar-refractivity contribution in [3.05, 3.63) is 66.4 Å². The maximum absolute atomic E-state index is 4.62. The number of nitrogens with one attached hydrogen (secondary N) is 2. The molecule has 0 spiro atoms. The average molecular weight is 389 g/mol. The second kappa shape index (κ2) is 7.86. The molecule has 0 unspecified atom stereocenters. The van der Waals surface area contributed by atoms with Crippen LogP contribution in [-0.2, 0) is 5.75 Å². The number of fused-ring (bicyclic) bond motifs is 3. The van der Waals surface area contributed by atoms with Gasteiger partial charge in [-0.05, 0) is 48.9 Å².